The number of hydrogen-bond acceptors (Lipinski definition) is 3. The molecule has 0 aliphatic rings. The lowest BCUT2D eigenvalue weighted by atomic mass is 10.1. The molecule has 0 fully saturated rings. The lowest BCUT2D eigenvalue weighted by Gasteiger charge is -2.21. The third-order valence-corrected chi connectivity index (χ3v) is 3.98. The van der Waals surface area contributed by atoms with E-state index in [1.165, 1.54) is 0 Å². The molecule has 0 unspecified atom stereocenters. The normalized spacial score (nSPS) is 10.3. The highest BCUT2D eigenvalue weighted by Gasteiger charge is 2.16. The van der Waals surface area contributed by atoms with Crippen molar-refractivity contribution in [3.05, 3.63) is 60.2 Å². The molecule has 0 aliphatic carbocycles. The van der Waals surface area contributed by atoms with Gasteiger partial charge >= 0.3 is 0 Å². The largest absolute Gasteiger partial charge is 0.332 e. The van der Waals surface area contributed by atoms with E-state index in [0.717, 1.165) is 5.69 Å². The van der Waals surface area contributed by atoms with E-state index >= 15 is 0 Å². The van der Waals surface area contributed by atoms with E-state index in [9.17, 15) is 9.59 Å². The number of anilines is 2. The Morgan fingerprint density at radius 1 is 1.04 bits per heavy atom. The second-order valence-electron chi connectivity index (χ2n) is 6.06. The first-order valence-corrected chi connectivity index (χ1v) is 8.92. The minimum absolute atomic E-state index is 0.0686. The highest BCUT2D eigenvalue weighted by Crippen LogP contribution is 2.18. The van der Waals surface area contributed by atoms with E-state index in [4.69, 9.17) is 12.2 Å². The lowest BCUT2D eigenvalue weighted by Crippen LogP contribution is -2.36. The van der Waals surface area contributed by atoms with Crippen LogP contribution >= 0.6 is 12.2 Å². The Hall–Kier alpha value is -2.73. The van der Waals surface area contributed by atoms with Gasteiger partial charge in [0.05, 0.1) is 0 Å². The van der Waals surface area contributed by atoms with Crippen molar-refractivity contribution in [1.29, 1.82) is 0 Å². The van der Waals surface area contributed by atoms with Gasteiger partial charge in [0.25, 0.3) is 5.91 Å². The number of rotatable bonds is 5. The summed E-state index contributed by atoms with van der Waals surface area (Å²) in [4.78, 5) is 26.1. The Labute approximate surface area is 159 Å². The summed E-state index contributed by atoms with van der Waals surface area (Å²) < 4.78 is 0. The maximum atomic E-state index is 12.8. The fourth-order valence-electron chi connectivity index (χ4n) is 2.32. The van der Waals surface area contributed by atoms with E-state index in [2.05, 4.69) is 10.6 Å². The third-order valence-electron chi connectivity index (χ3n) is 3.78. The molecule has 2 amide bonds. The molecule has 0 aromatic heterocycles. The first-order valence-electron chi connectivity index (χ1n) is 8.51. The van der Waals surface area contributed by atoms with Gasteiger partial charge in [-0.1, -0.05) is 32.0 Å². The summed E-state index contributed by atoms with van der Waals surface area (Å²) in [5.74, 6) is -0.357. The Bertz CT molecular complexity index is 773. The van der Waals surface area contributed by atoms with Gasteiger partial charge in [0.1, 0.15) is 0 Å². The van der Waals surface area contributed by atoms with E-state index in [1.807, 2.05) is 37.3 Å². The van der Waals surface area contributed by atoms with Gasteiger partial charge in [0.2, 0.25) is 5.91 Å². The van der Waals surface area contributed by atoms with E-state index < -0.39 is 0 Å². The predicted octanol–water partition coefficient (Wildman–Crippen LogP) is 3.82. The molecule has 5 nitrogen and oxygen atoms in total. The van der Waals surface area contributed by atoms with Crippen molar-refractivity contribution in [2.75, 3.05) is 16.8 Å². The minimum Gasteiger partial charge on any atom is -0.332 e. The van der Waals surface area contributed by atoms with Gasteiger partial charge in [-0.05, 0) is 55.5 Å². The molecule has 0 aliphatic heterocycles. The monoisotopic (exact) mass is 369 g/mol. The van der Waals surface area contributed by atoms with Gasteiger partial charge in [0, 0.05) is 29.4 Å². The van der Waals surface area contributed by atoms with Crippen LogP contribution < -0.4 is 15.5 Å². The average Bonchev–Trinajstić information content (AvgIpc) is 2.63. The van der Waals surface area contributed by atoms with Crippen molar-refractivity contribution in [2.45, 2.75) is 20.8 Å². The number of hydrogen-bond donors (Lipinski definition) is 2. The highest BCUT2D eigenvalue weighted by atomic mass is 32.1. The number of thiocarbonyl (C=S) groups is 1. The lowest BCUT2D eigenvalue weighted by molar-refractivity contribution is -0.122. The highest BCUT2D eigenvalue weighted by molar-refractivity contribution is 7.80. The van der Waals surface area contributed by atoms with Crippen LogP contribution in [0, 0.1) is 5.92 Å². The van der Waals surface area contributed by atoms with E-state index in [-0.39, 0.29) is 22.8 Å². The van der Waals surface area contributed by atoms with Crippen LogP contribution in [-0.4, -0.2) is 23.5 Å². The quantitative estimate of drug-likeness (QED) is 0.787. The van der Waals surface area contributed by atoms with Crippen LogP contribution in [-0.2, 0) is 4.79 Å². The van der Waals surface area contributed by atoms with Gasteiger partial charge < -0.3 is 15.5 Å². The molecule has 0 bridgehead atoms. The molecule has 0 atom stereocenters. The second kappa shape index (κ2) is 9.10. The molecule has 2 N–H and O–H groups in total. The number of nitrogens with one attached hydrogen (secondary N) is 2. The molecule has 0 saturated heterocycles. The van der Waals surface area contributed by atoms with Crippen molar-refractivity contribution < 1.29 is 9.59 Å². The van der Waals surface area contributed by atoms with Crippen LogP contribution in [0.2, 0.25) is 0 Å². The van der Waals surface area contributed by atoms with E-state index in [0.29, 0.717) is 17.8 Å². The van der Waals surface area contributed by atoms with Crippen LogP contribution in [0.5, 0.6) is 0 Å². The Morgan fingerprint density at radius 2 is 1.65 bits per heavy atom. The fourth-order valence-corrected chi connectivity index (χ4v) is 2.54. The molecule has 26 heavy (non-hydrogen) atoms. The minimum atomic E-state index is -0.146. The molecule has 0 heterocycles. The fraction of sp³-hybridized carbons (Fsp3) is 0.250. The Kier molecular flexibility index (Phi) is 6.86. The van der Waals surface area contributed by atoms with Crippen molar-refractivity contribution in [1.82, 2.24) is 5.32 Å². The number of amides is 2. The number of nitrogens with zero attached hydrogens (tertiary/aromatic N) is 1. The Morgan fingerprint density at radius 3 is 2.19 bits per heavy atom. The van der Waals surface area contributed by atoms with Crippen LogP contribution in [0.25, 0.3) is 0 Å². The molecule has 2 aromatic carbocycles. The first-order chi connectivity index (χ1) is 12.4. The summed E-state index contributed by atoms with van der Waals surface area (Å²) in [6.07, 6.45) is 0. The molecule has 2 rings (SSSR count). The number of carbonyl (C=O) groups is 2. The number of benzene rings is 2. The summed E-state index contributed by atoms with van der Waals surface area (Å²) in [5, 5.41) is 5.80. The van der Waals surface area contributed by atoms with Gasteiger partial charge in [-0.15, -0.1) is 0 Å². The summed E-state index contributed by atoms with van der Waals surface area (Å²) in [7, 11) is 0. The summed E-state index contributed by atoms with van der Waals surface area (Å²) in [6.45, 7) is 6.11. The molecule has 6 heteroatoms. The topological polar surface area (TPSA) is 61.4 Å². The maximum absolute atomic E-state index is 12.8. The van der Waals surface area contributed by atoms with Crippen molar-refractivity contribution in [3.63, 3.8) is 0 Å². The zero-order valence-electron chi connectivity index (χ0n) is 15.2. The van der Waals surface area contributed by atoms with Crippen LogP contribution in [0.1, 0.15) is 31.1 Å². The molecule has 2 aromatic rings. The van der Waals surface area contributed by atoms with Crippen LogP contribution in [0.4, 0.5) is 11.4 Å². The standard InChI is InChI=1S/C20H23N3O2S/c1-4-23(17-8-6-5-7-9-17)19(25)15-10-12-16(13-11-15)21-20(26)22-18(24)14(2)3/h5-14H,4H2,1-3H3,(H2,21,22,24,26). The zero-order chi connectivity index (χ0) is 19.1. The van der Waals surface area contributed by atoms with Gasteiger partial charge in [0.15, 0.2) is 5.11 Å². The molecule has 136 valence electrons. The first kappa shape index (κ1) is 19.6. The molecule has 0 spiro atoms. The van der Waals surface area contributed by atoms with Crippen molar-refractivity contribution in [3.8, 4) is 0 Å². The molecule has 0 saturated carbocycles. The van der Waals surface area contributed by atoms with Crippen molar-refractivity contribution in [2.24, 2.45) is 5.92 Å². The summed E-state index contributed by atoms with van der Waals surface area (Å²) >= 11 is 5.12. The molecular formula is C20H23N3O2S. The maximum Gasteiger partial charge on any atom is 0.258 e. The average molecular weight is 369 g/mol. The van der Waals surface area contributed by atoms with E-state index in [1.54, 1.807) is 43.0 Å². The zero-order valence-corrected chi connectivity index (χ0v) is 16.0. The second-order valence-corrected chi connectivity index (χ2v) is 6.47. The third kappa shape index (κ3) is 5.13. The van der Waals surface area contributed by atoms with Crippen LogP contribution in [0.15, 0.2) is 54.6 Å². The van der Waals surface area contributed by atoms with Gasteiger partial charge in [-0.25, -0.2) is 0 Å². The number of carbonyl (C=O) groups excluding carboxylic acids is 2. The summed E-state index contributed by atoms with van der Waals surface area (Å²) in [5.41, 5.74) is 2.15. The number of para-hydroxylation sites is 1. The summed E-state index contributed by atoms with van der Waals surface area (Å²) in [6, 6.07) is 16.6. The smallest absolute Gasteiger partial charge is 0.258 e. The predicted molar refractivity (Wildman–Crippen MR) is 109 cm³/mol. The van der Waals surface area contributed by atoms with Gasteiger partial charge in [-0.2, -0.15) is 0 Å². The van der Waals surface area contributed by atoms with Crippen molar-refractivity contribution >= 4 is 40.5 Å². The molecule has 0 radical (unpaired) electrons. The SMILES string of the molecule is CCN(C(=O)c1ccc(NC(=S)NC(=O)C(C)C)cc1)c1ccccc1. The van der Waals surface area contributed by atoms with Crippen LogP contribution in [0.3, 0.4) is 0 Å². The Balaban J connectivity index is 2.05. The molecular weight excluding hydrogens is 346 g/mol. The van der Waals surface area contributed by atoms with Gasteiger partial charge in [-0.3, -0.25) is 9.59 Å².